The van der Waals surface area contributed by atoms with Crippen molar-refractivity contribution in [3.8, 4) is 5.75 Å². The Morgan fingerprint density at radius 1 is 1.37 bits per heavy atom. The van der Waals surface area contributed by atoms with E-state index in [0.29, 0.717) is 18.2 Å². The number of ether oxygens (including phenoxy) is 1. The largest absolute Gasteiger partial charge is 0.492 e. The van der Waals surface area contributed by atoms with E-state index >= 15 is 0 Å². The molecule has 2 N–H and O–H groups in total. The number of hydrogen-bond acceptors (Lipinski definition) is 3. The summed E-state index contributed by atoms with van der Waals surface area (Å²) in [5.74, 6) is 0.764. The molecular weight excluding hydrogens is 262 g/mol. The van der Waals surface area contributed by atoms with Crippen LogP contribution in [-0.2, 0) is 13.0 Å². The molecule has 0 aliphatic carbocycles. The van der Waals surface area contributed by atoms with E-state index in [1.54, 1.807) is 12.5 Å². The molecule has 0 spiro atoms. The predicted octanol–water partition coefficient (Wildman–Crippen LogP) is 2.51. The van der Waals surface area contributed by atoms with Gasteiger partial charge in [0.2, 0.25) is 0 Å². The van der Waals surface area contributed by atoms with Crippen molar-refractivity contribution in [3.63, 3.8) is 0 Å². The van der Waals surface area contributed by atoms with Gasteiger partial charge in [-0.25, -0.2) is 4.98 Å². The maximum atomic E-state index is 6.16. The maximum absolute atomic E-state index is 6.16. The van der Waals surface area contributed by atoms with Gasteiger partial charge in [0.1, 0.15) is 5.75 Å². The van der Waals surface area contributed by atoms with Gasteiger partial charge in [-0.15, -0.1) is 0 Å². The van der Waals surface area contributed by atoms with Crippen molar-refractivity contribution in [2.45, 2.75) is 19.4 Å². The molecule has 0 saturated carbocycles. The number of aromatic nitrogens is 2. The Bertz CT molecular complexity index is 499. The first-order valence-corrected chi connectivity index (χ1v) is 6.75. The number of hydrogen-bond donors (Lipinski definition) is 1. The van der Waals surface area contributed by atoms with Crippen LogP contribution in [0.5, 0.6) is 5.75 Å². The fourth-order valence-electron chi connectivity index (χ4n) is 1.91. The number of imidazole rings is 1. The van der Waals surface area contributed by atoms with Crippen molar-refractivity contribution >= 4 is 11.6 Å². The molecule has 4 nitrogen and oxygen atoms in total. The molecule has 2 rings (SSSR count). The third-order valence-electron chi connectivity index (χ3n) is 2.83. The summed E-state index contributed by atoms with van der Waals surface area (Å²) in [6.45, 7) is 2.10. The molecule has 0 amide bonds. The van der Waals surface area contributed by atoms with Crippen LogP contribution < -0.4 is 10.5 Å². The van der Waals surface area contributed by atoms with Crippen LogP contribution in [0.15, 0.2) is 36.9 Å². The van der Waals surface area contributed by atoms with Crippen molar-refractivity contribution in [1.82, 2.24) is 9.55 Å². The van der Waals surface area contributed by atoms with Gasteiger partial charge in [0.15, 0.2) is 0 Å². The number of rotatable bonds is 7. The molecule has 1 heterocycles. The molecule has 1 aromatic heterocycles. The summed E-state index contributed by atoms with van der Waals surface area (Å²) < 4.78 is 7.82. The van der Waals surface area contributed by atoms with Gasteiger partial charge in [-0.1, -0.05) is 23.7 Å². The van der Waals surface area contributed by atoms with Gasteiger partial charge in [0.25, 0.3) is 0 Å². The smallest absolute Gasteiger partial charge is 0.141 e. The Hall–Kier alpha value is -1.52. The number of nitrogens with two attached hydrogens (primary N) is 1. The summed E-state index contributed by atoms with van der Waals surface area (Å²) in [6.07, 6.45) is 7.19. The van der Waals surface area contributed by atoms with Crippen molar-refractivity contribution in [2.75, 3.05) is 13.2 Å². The van der Waals surface area contributed by atoms with Gasteiger partial charge >= 0.3 is 0 Å². The minimum absolute atomic E-state index is 0.589. The Morgan fingerprint density at radius 3 is 3.00 bits per heavy atom. The lowest BCUT2D eigenvalue weighted by Gasteiger charge is -2.12. The molecular formula is C14H18ClN3O. The van der Waals surface area contributed by atoms with E-state index in [4.69, 9.17) is 22.1 Å². The van der Waals surface area contributed by atoms with E-state index in [9.17, 15) is 0 Å². The van der Waals surface area contributed by atoms with E-state index in [2.05, 4.69) is 4.98 Å². The molecule has 0 fully saturated rings. The second-order valence-corrected chi connectivity index (χ2v) is 4.68. The highest BCUT2D eigenvalue weighted by Crippen LogP contribution is 2.29. The Morgan fingerprint density at radius 2 is 2.26 bits per heavy atom. The van der Waals surface area contributed by atoms with Gasteiger partial charge in [-0.2, -0.15) is 0 Å². The number of para-hydroxylation sites is 1. The normalized spacial score (nSPS) is 10.6. The second-order valence-electron chi connectivity index (χ2n) is 4.27. The standard InChI is InChI=1S/C14H18ClN3O/c15-13-4-1-3-12(5-6-16)14(13)19-10-2-8-18-9-7-17-11-18/h1,3-4,7,9,11H,2,5-6,8,10,16H2. The van der Waals surface area contributed by atoms with Crippen molar-refractivity contribution in [1.29, 1.82) is 0 Å². The third kappa shape index (κ3) is 3.98. The summed E-state index contributed by atoms with van der Waals surface area (Å²) in [4.78, 5) is 4.00. The van der Waals surface area contributed by atoms with Crippen molar-refractivity contribution in [2.24, 2.45) is 5.73 Å². The van der Waals surface area contributed by atoms with Crippen LogP contribution >= 0.6 is 11.6 Å². The number of halogens is 1. The Balaban J connectivity index is 1.88. The van der Waals surface area contributed by atoms with E-state index < -0.39 is 0 Å². The lowest BCUT2D eigenvalue weighted by molar-refractivity contribution is 0.299. The van der Waals surface area contributed by atoms with Crippen LogP contribution in [0.1, 0.15) is 12.0 Å². The first kappa shape index (κ1) is 13.9. The second kappa shape index (κ2) is 7.16. The minimum Gasteiger partial charge on any atom is -0.492 e. The molecule has 0 radical (unpaired) electrons. The lowest BCUT2D eigenvalue weighted by atomic mass is 10.1. The molecule has 102 valence electrons. The van der Waals surface area contributed by atoms with Gasteiger partial charge < -0.3 is 15.0 Å². The molecule has 5 heteroatoms. The van der Waals surface area contributed by atoms with Gasteiger partial charge in [0, 0.05) is 18.9 Å². The van der Waals surface area contributed by atoms with Crippen LogP contribution in [0.2, 0.25) is 5.02 Å². The summed E-state index contributed by atoms with van der Waals surface area (Å²) >= 11 is 6.16. The lowest BCUT2D eigenvalue weighted by Crippen LogP contribution is -2.08. The average molecular weight is 280 g/mol. The minimum atomic E-state index is 0.589. The fourth-order valence-corrected chi connectivity index (χ4v) is 2.16. The number of nitrogens with zero attached hydrogens (tertiary/aromatic N) is 2. The summed E-state index contributed by atoms with van der Waals surface area (Å²) in [5, 5.41) is 0.647. The summed E-state index contributed by atoms with van der Waals surface area (Å²) in [7, 11) is 0. The highest BCUT2D eigenvalue weighted by atomic mass is 35.5. The highest BCUT2D eigenvalue weighted by molar-refractivity contribution is 6.32. The van der Waals surface area contributed by atoms with Gasteiger partial charge in [0.05, 0.1) is 18.0 Å². The van der Waals surface area contributed by atoms with E-state index in [-0.39, 0.29) is 0 Å². The highest BCUT2D eigenvalue weighted by Gasteiger charge is 2.07. The summed E-state index contributed by atoms with van der Waals surface area (Å²) in [5.41, 5.74) is 6.66. The third-order valence-corrected chi connectivity index (χ3v) is 3.13. The molecule has 0 aliphatic rings. The topological polar surface area (TPSA) is 53.1 Å². The van der Waals surface area contributed by atoms with Crippen LogP contribution in [0.4, 0.5) is 0 Å². The predicted molar refractivity (Wildman–Crippen MR) is 76.5 cm³/mol. The maximum Gasteiger partial charge on any atom is 0.141 e. The molecule has 0 saturated heterocycles. The molecule has 0 aliphatic heterocycles. The molecule has 2 aromatic rings. The zero-order valence-electron chi connectivity index (χ0n) is 10.8. The quantitative estimate of drug-likeness (QED) is 0.793. The van der Waals surface area contributed by atoms with Crippen molar-refractivity contribution < 1.29 is 4.74 Å². The van der Waals surface area contributed by atoms with E-state index in [1.165, 1.54) is 0 Å². The molecule has 0 bridgehead atoms. The Labute approximate surface area is 118 Å². The van der Waals surface area contributed by atoms with E-state index in [1.807, 2.05) is 29.0 Å². The van der Waals surface area contributed by atoms with Gasteiger partial charge in [-0.05, 0) is 31.0 Å². The Kier molecular flexibility index (Phi) is 5.24. The first-order chi connectivity index (χ1) is 9.31. The first-order valence-electron chi connectivity index (χ1n) is 6.37. The number of benzene rings is 1. The van der Waals surface area contributed by atoms with Crippen LogP contribution in [0, 0.1) is 0 Å². The van der Waals surface area contributed by atoms with Crippen LogP contribution in [-0.4, -0.2) is 22.7 Å². The van der Waals surface area contributed by atoms with Crippen molar-refractivity contribution in [3.05, 3.63) is 47.5 Å². The van der Waals surface area contributed by atoms with Crippen LogP contribution in [0.25, 0.3) is 0 Å². The van der Waals surface area contributed by atoms with E-state index in [0.717, 1.165) is 30.7 Å². The zero-order chi connectivity index (χ0) is 13.5. The molecule has 1 aromatic carbocycles. The molecule has 0 unspecified atom stereocenters. The SMILES string of the molecule is NCCc1cccc(Cl)c1OCCCn1ccnc1. The zero-order valence-corrected chi connectivity index (χ0v) is 11.5. The monoisotopic (exact) mass is 279 g/mol. The number of aryl methyl sites for hydroxylation is 1. The molecule has 0 atom stereocenters. The summed E-state index contributed by atoms with van der Waals surface area (Å²) in [6, 6.07) is 5.77. The van der Waals surface area contributed by atoms with Crippen LogP contribution in [0.3, 0.4) is 0 Å². The fraction of sp³-hybridized carbons (Fsp3) is 0.357. The van der Waals surface area contributed by atoms with Gasteiger partial charge in [-0.3, -0.25) is 0 Å². The average Bonchev–Trinajstić information content (AvgIpc) is 2.90. The molecule has 19 heavy (non-hydrogen) atoms.